The quantitative estimate of drug-likeness (QED) is 0.450. The van der Waals surface area contributed by atoms with Crippen molar-refractivity contribution in [3.63, 3.8) is 0 Å². The van der Waals surface area contributed by atoms with Crippen LogP contribution in [0.2, 0.25) is 10.0 Å². The van der Waals surface area contributed by atoms with Crippen molar-refractivity contribution in [2.24, 2.45) is 0 Å². The van der Waals surface area contributed by atoms with E-state index >= 15 is 0 Å². The largest absolute Gasteiger partial charge is 0.355 e. The number of hydrogen-bond acceptors (Lipinski definition) is 4. The highest BCUT2D eigenvalue weighted by atomic mass is 35.5. The number of hydrogen-bond donors (Lipinski definition) is 1. The molecule has 0 aliphatic carbocycles. The summed E-state index contributed by atoms with van der Waals surface area (Å²) in [4.78, 5) is 27.0. The molecule has 0 spiro atoms. The molecule has 2 rings (SSSR count). The molecule has 192 valence electrons. The first-order chi connectivity index (χ1) is 16.4. The molecule has 12 heteroatoms. The van der Waals surface area contributed by atoms with Crippen LogP contribution in [0.3, 0.4) is 0 Å². The van der Waals surface area contributed by atoms with E-state index in [9.17, 15) is 26.8 Å². The smallest absolute Gasteiger partial charge is 0.242 e. The van der Waals surface area contributed by atoms with Gasteiger partial charge in [0, 0.05) is 47.7 Å². The lowest BCUT2D eigenvalue weighted by Gasteiger charge is -2.30. The van der Waals surface area contributed by atoms with Gasteiger partial charge in [0.15, 0.2) is 11.6 Å². The minimum absolute atomic E-state index is 0.0331. The second-order valence-electron chi connectivity index (χ2n) is 7.83. The van der Waals surface area contributed by atoms with E-state index in [0.29, 0.717) is 22.2 Å². The molecule has 35 heavy (non-hydrogen) atoms. The van der Waals surface area contributed by atoms with Crippen LogP contribution in [-0.2, 0) is 26.2 Å². The Kier molecular flexibility index (Phi) is 10.3. The Labute approximate surface area is 214 Å². The number of benzene rings is 2. The maximum atomic E-state index is 13.7. The minimum Gasteiger partial charge on any atom is -0.355 e. The third-order valence-corrected chi connectivity index (χ3v) is 7.15. The van der Waals surface area contributed by atoms with Crippen molar-refractivity contribution in [1.29, 1.82) is 0 Å². The first-order valence-corrected chi connectivity index (χ1v) is 13.4. The van der Waals surface area contributed by atoms with Crippen LogP contribution >= 0.6 is 23.2 Å². The molecule has 0 saturated heterocycles. The lowest BCUT2D eigenvalue weighted by molar-refractivity contribution is -0.140. The summed E-state index contributed by atoms with van der Waals surface area (Å²) in [7, 11) is -3.84. The number of nitrogens with one attached hydrogen (secondary N) is 1. The van der Waals surface area contributed by atoms with E-state index in [-0.39, 0.29) is 37.5 Å². The number of anilines is 1. The third kappa shape index (κ3) is 7.78. The number of halogens is 4. The Morgan fingerprint density at radius 2 is 1.71 bits per heavy atom. The molecule has 0 saturated carbocycles. The second-order valence-corrected chi connectivity index (χ2v) is 10.6. The zero-order chi connectivity index (χ0) is 26.3. The van der Waals surface area contributed by atoms with Crippen molar-refractivity contribution >= 4 is 50.7 Å². The van der Waals surface area contributed by atoms with Crippen molar-refractivity contribution in [1.82, 2.24) is 10.2 Å². The van der Waals surface area contributed by atoms with Gasteiger partial charge in [0.2, 0.25) is 21.8 Å². The Hall–Kier alpha value is -2.43. The molecule has 0 radical (unpaired) electrons. The fraction of sp³-hybridized carbons (Fsp3) is 0.391. The summed E-state index contributed by atoms with van der Waals surface area (Å²) in [6.07, 6.45) is 0.861. The van der Waals surface area contributed by atoms with Gasteiger partial charge in [0.25, 0.3) is 0 Å². The fourth-order valence-corrected chi connectivity index (χ4v) is 4.88. The van der Waals surface area contributed by atoms with Crippen molar-refractivity contribution in [2.45, 2.75) is 39.3 Å². The van der Waals surface area contributed by atoms with Crippen LogP contribution in [0.5, 0.6) is 0 Å². The Balaban J connectivity index is 2.22. The molecule has 0 fully saturated rings. The minimum atomic E-state index is -3.84. The van der Waals surface area contributed by atoms with Crippen LogP contribution in [0, 0.1) is 11.6 Å². The molecule has 0 heterocycles. The molecule has 0 aromatic heterocycles. The van der Waals surface area contributed by atoms with Gasteiger partial charge in [-0.15, -0.1) is 0 Å². The number of carbonyl (C=O) groups excluding carboxylic acids is 2. The van der Waals surface area contributed by atoms with Gasteiger partial charge in [0.1, 0.15) is 6.04 Å². The molecule has 0 bridgehead atoms. The van der Waals surface area contributed by atoms with E-state index in [1.165, 1.54) is 4.90 Å². The van der Waals surface area contributed by atoms with Crippen LogP contribution in [0.25, 0.3) is 0 Å². The fourth-order valence-electron chi connectivity index (χ4n) is 3.40. The standard InChI is InChI=1S/C23H27Cl2F2N3O4S/c1-4-28-23(32)15(2)29(14-17-18(24)7-5-8-19(17)25)22(31)9-6-12-30(35(3,33)34)16-10-11-20(26)21(27)13-16/h5,7-8,10-11,13,15H,4,6,9,12,14H2,1-3H3,(H,28,32)/t15-/m0/s1. The molecule has 2 aromatic carbocycles. The molecule has 0 aliphatic rings. The molecule has 2 aromatic rings. The van der Waals surface area contributed by atoms with E-state index < -0.39 is 33.6 Å². The number of sulfonamides is 1. The van der Waals surface area contributed by atoms with Gasteiger partial charge >= 0.3 is 0 Å². The highest BCUT2D eigenvalue weighted by Crippen LogP contribution is 2.27. The zero-order valence-corrected chi connectivity index (χ0v) is 21.9. The monoisotopic (exact) mass is 549 g/mol. The average molecular weight is 550 g/mol. The number of carbonyl (C=O) groups is 2. The molecule has 7 nitrogen and oxygen atoms in total. The normalized spacial score (nSPS) is 12.2. The Bertz CT molecular complexity index is 1160. The number of rotatable bonds is 11. The average Bonchev–Trinajstić information content (AvgIpc) is 2.77. The van der Waals surface area contributed by atoms with Crippen molar-refractivity contribution in [2.75, 3.05) is 23.7 Å². The summed E-state index contributed by atoms with van der Waals surface area (Å²) in [6.45, 7) is 3.49. The predicted molar refractivity (Wildman–Crippen MR) is 133 cm³/mol. The van der Waals surface area contributed by atoms with E-state index in [2.05, 4.69) is 5.32 Å². The first kappa shape index (κ1) is 28.8. The molecule has 0 unspecified atom stereocenters. The summed E-state index contributed by atoms with van der Waals surface area (Å²) < 4.78 is 52.4. The van der Waals surface area contributed by atoms with E-state index in [4.69, 9.17) is 23.2 Å². The molecule has 0 aliphatic heterocycles. The summed E-state index contributed by atoms with van der Waals surface area (Å²) >= 11 is 12.5. The summed E-state index contributed by atoms with van der Waals surface area (Å²) in [5, 5.41) is 3.34. The maximum Gasteiger partial charge on any atom is 0.242 e. The van der Waals surface area contributed by atoms with Crippen molar-refractivity contribution in [3.8, 4) is 0 Å². The highest BCUT2D eigenvalue weighted by molar-refractivity contribution is 7.92. The highest BCUT2D eigenvalue weighted by Gasteiger charge is 2.27. The molecule has 1 atom stereocenters. The van der Waals surface area contributed by atoms with Crippen molar-refractivity contribution < 1.29 is 26.8 Å². The van der Waals surface area contributed by atoms with Gasteiger partial charge in [-0.05, 0) is 44.5 Å². The van der Waals surface area contributed by atoms with Crippen LogP contribution in [0.1, 0.15) is 32.3 Å². The molecule has 2 amide bonds. The lowest BCUT2D eigenvalue weighted by atomic mass is 10.1. The Morgan fingerprint density at radius 1 is 1.09 bits per heavy atom. The molecule has 1 N–H and O–H groups in total. The Morgan fingerprint density at radius 3 is 2.26 bits per heavy atom. The van der Waals surface area contributed by atoms with Crippen LogP contribution in [0.15, 0.2) is 36.4 Å². The zero-order valence-electron chi connectivity index (χ0n) is 19.5. The first-order valence-electron chi connectivity index (χ1n) is 10.8. The maximum absolute atomic E-state index is 13.7. The van der Waals surface area contributed by atoms with Gasteiger partial charge in [-0.1, -0.05) is 29.3 Å². The topological polar surface area (TPSA) is 86.8 Å². The summed E-state index contributed by atoms with van der Waals surface area (Å²) in [5.41, 5.74) is 0.411. The van der Waals surface area contributed by atoms with E-state index in [0.717, 1.165) is 28.8 Å². The second kappa shape index (κ2) is 12.5. The van der Waals surface area contributed by atoms with Gasteiger partial charge in [0.05, 0.1) is 11.9 Å². The molecular weight excluding hydrogens is 523 g/mol. The number of likely N-dealkylation sites (N-methyl/N-ethyl adjacent to an activating group) is 1. The SMILES string of the molecule is CCNC(=O)[C@H](C)N(Cc1c(Cl)cccc1Cl)C(=O)CCCN(c1ccc(F)c(F)c1)S(C)(=O)=O. The predicted octanol–water partition coefficient (Wildman–Crippen LogP) is 4.37. The van der Waals surface area contributed by atoms with Gasteiger partial charge in [-0.25, -0.2) is 17.2 Å². The van der Waals surface area contributed by atoms with E-state index in [1.54, 1.807) is 32.0 Å². The number of nitrogens with zero attached hydrogens (tertiary/aromatic N) is 2. The van der Waals surface area contributed by atoms with E-state index in [1.807, 2.05) is 0 Å². The van der Waals surface area contributed by atoms with Gasteiger partial charge in [-0.2, -0.15) is 0 Å². The van der Waals surface area contributed by atoms with Gasteiger partial charge < -0.3 is 10.2 Å². The van der Waals surface area contributed by atoms with Crippen molar-refractivity contribution in [3.05, 3.63) is 63.6 Å². The van der Waals surface area contributed by atoms with Gasteiger partial charge in [-0.3, -0.25) is 13.9 Å². The van der Waals surface area contributed by atoms with Crippen LogP contribution in [-0.4, -0.2) is 50.5 Å². The summed E-state index contributed by atoms with van der Waals surface area (Å²) in [6, 6.07) is 6.79. The number of amides is 2. The van der Waals surface area contributed by atoms with Crippen LogP contribution in [0.4, 0.5) is 14.5 Å². The third-order valence-electron chi connectivity index (χ3n) is 5.25. The molecular formula is C23H27Cl2F2N3O4S. The van der Waals surface area contributed by atoms with Crippen LogP contribution < -0.4 is 9.62 Å². The summed E-state index contributed by atoms with van der Waals surface area (Å²) in [5.74, 6) is -3.10. The lowest BCUT2D eigenvalue weighted by Crippen LogP contribution is -2.47.